The maximum absolute atomic E-state index is 13.1. The van der Waals surface area contributed by atoms with Crippen LogP contribution in [-0.4, -0.2) is 37.8 Å². The number of piperidine rings is 1. The van der Waals surface area contributed by atoms with Gasteiger partial charge in [0.25, 0.3) is 5.91 Å². The van der Waals surface area contributed by atoms with Crippen LogP contribution < -0.4 is 15.4 Å². The van der Waals surface area contributed by atoms with Crippen molar-refractivity contribution in [3.8, 4) is 5.75 Å². The number of carbonyl (C=O) groups is 1. The van der Waals surface area contributed by atoms with E-state index in [0.717, 1.165) is 22.9 Å². The van der Waals surface area contributed by atoms with Gasteiger partial charge in [-0.3, -0.25) is 4.79 Å². The van der Waals surface area contributed by atoms with Crippen molar-refractivity contribution in [2.45, 2.75) is 76.3 Å². The Kier molecular flexibility index (Phi) is 7.21. The molecule has 2 aromatic carbocycles. The Morgan fingerprint density at radius 1 is 1.08 bits per heavy atom. The van der Waals surface area contributed by atoms with Crippen LogP contribution in [-0.2, 0) is 14.6 Å². The van der Waals surface area contributed by atoms with Gasteiger partial charge in [0.05, 0.1) is 9.62 Å². The maximum Gasteiger partial charge on any atom is 0.265 e. The number of hydrogen-bond donors (Lipinski definition) is 2. The molecule has 37 heavy (non-hydrogen) atoms. The molecule has 1 aromatic heterocycles. The van der Waals surface area contributed by atoms with Crippen LogP contribution in [0.5, 0.6) is 5.75 Å². The highest BCUT2D eigenvalue weighted by atomic mass is 35.5. The highest BCUT2D eigenvalue weighted by Gasteiger charge is 2.39. The normalized spacial score (nSPS) is 18.1. The summed E-state index contributed by atoms with van der Waals surface area (Å²) < 4.78 is 30.7. The van der Waals surface area contributed by atoms with Gasteiger partial charge in [-0.25, -0.2) is 8.42 Å². The van der Waals surface area contributed by atoms with Crippen LogP contribution in [0, 0.1) is 0 Å². The monoisotopic (exact) mass is 562 g/mol. The molecule has 4 rings (SSSR count). The van der Waals surface area contributed by atoms with Crippen molar-refractivity contribution in [2.75, 3.05) is 11.6 Å². The van der Waals surface area contributed by atoms with Crippen molar-refractivity contribution in [3.05, 3.63) is 57.9 Å². The summed E-state index contributed by atoms with van der Waals surface area (Å²) in [5.41, 5.74) is 1.13. The van der Waals surface area contributed by atoms with E-state index in [9.17, 15) is 13.2 Å². The summed E-state index contributed by atoms with van der Waals surface area (Å²) in [6, 6.07) is 12.6. The molecule has 0 saturated carbocycles. The lowest BCUT2D eigenvalue weighted by Gasteiger charge is -2.46. The topological polar surface area (TPSA) is 84.5 Å². The van der Waals surface area contributed by atoms with E-state index < -0.39 is 14.6 Å². The molecule has 0 unspecified atom stereocenters. The number of thiophene rings is 1. The molecule has 0 radical (unpaired) electrons. The van der Waals surface area contributed by atoms with Gasteiger partial charge in [0.1, 0.15) is 11.9 Å². The van der Waals surface area contributed by atoms with Crippen LogP contribution in [0.3, 0.4) is 0 Å². The Labute approximate surface area is 228 Å². The lowest BCUT2D eigenvalue weighted by molar-refractivity contribution is 0.0560. The van der Waals surface area contributed by atoms with Crippen LogP contribution in [0.1, 0.15) is 69.6 Å². The molecule has 6 nitrogen and oxygen atoms in total. The molecule has 0 spiro atoms. The van der Waals surface area contributed by atoms with Crippen LogP contribution in [0.15, 0.2) is 42.5 Å². The smallest absolute Gasteiger partial charge is 0.265 e. The van der Waals surface area contributed by atoms with Gasteiger partial charge >= 0.3 is 0 Å². The summed E-state index contributed by atoms with van der Waals surface area (Å²) in [6.07, 6.45) is 2.95. The Morgan fingerprint density at radius 3 is 2.35 bits per heavy atom. The molecule has 0 aliphatic carbocycles. The molecule has 1 saturated heterocycles. The quantitative estimate of drug-likeness (QED) is 0.346. The number of fused-ring (bicyclic) bond motifs is 1. The number of sulfone groups is 1. The highest BCUT2D eigenvalue weighted by Crippen LogP contribution is 2.36. The first-order chi connectivity index (χ1) is 16.9. The Balaban J connectivity index is 1.53. The van der Waals surface area contributed by atoms with E-state index in [4.69, 9.17) is 16.3 Å². The van der Waals surface area contributed by atoms with Gasteiger partial charge in [-0.15, -0.1) is 11.3 Å². The first-order valence-electron chi connectivity index (χ1n) is 12.3. The second-order valence-electron chi connectivity index (χ2n) is 11.8. The van der Waals surface area contributed by atoms with Gasteiger partial charge in [0.2, 0.25) is 0 Å². The van der Waals surface area contributed by atoms with E-state index in [1.807, 2.05) is 18.2 Å². The van der Waals surface area contributed by atoms with Crippen molar-refractivity contribution >= 4 is 54.5 Å². The molecule has 0 bridgehead atoms. The number of halogens is 1. The van der Waals surface area contributed by atoms with E-state index in [-0.39, 0.29) is 23.1 Å². The van der Waals surface area contributed by atoms with Gasteiger partial charge in [-0.1, -0.05) is 17.7 Å². The highest BCUT2D eigenvalue weighted by molar-refractivity contribution is 7.91. The zero-order valence-corrected chi connectivity index (χ0v) is 24.7. The van der Waals surface area contributed by atoms with Gasteiger partial charge < -0.3 is 15.4 Å². The molecule has 2 N–H and O–H groups in total. The van der Waals surface area contributed by atoms with E-state index in [1.165, 1.54) is 17.6 Å². The third kappa shape index (κ3) is 6.30. The van der Waals surface area contributed by atoms with E-state index >= 15 is 0 Å². The van der Waals surface area contributed by atoms with Gasteiger partial charge in [0.15, 0.2) is 9.84 Å². The van der Waals surface area contributed by atoms with Crippen molar-refractivity contribution in [1.29, 1.82) is 0 Å². The molecule has 2 heterocycles. The fraction of sp³-hybridized carbons (Fsp3) is 0.464. The Bertz CT molecular complexity index is 1440. The summed E-state index contributed by atoms with van der Waals surface area (Å²) in [4.78, 5) is 13.6. The van der Waals surface area contributed by atoms with Crippen LogP contribution in [0.2, 0.25) is 5.02 Å². The van der Waals surface area contributed by atoms with E-state index in [0.29, 0.717) is 26.9 Å². The number of ether oxygens (including phenoxy) is 1. The van der Waals surface area contributed by atoms with Crippen molar-refractivity contribution in [3.63, 3.8) is 0 Å². The first-order valence-corrected chi connectivity index (χ1v) is 15.3. The molecule has 200 valence electrons. The second kappa shape index (κ2) is 9.56. The first kappa shape index (κ1) is 27.9. The average molecular weight is 563 g/mol. The van der Waals surface area contributed by atoms with Crippen molar-refractivity contribution in [2.24, 2.45) is 0 Å². The van der Waals surface area contributed by atoms with Gasteiger partial charge in [-0.2, -0.15) is 0 Å². The average Bonchev–Trinajstić information content (AvgIpc) is 3.13. The number of anilines is 1. The summed E-state index contributed by atoms with van der Waals surface area (Å²) in [6.45, 7) is 12.1. The van der Waals surface area contributed by atoms with Crippen LogP contribution >= 0.6 is 22.9 Å². The van der Waals surface area contributed by atoms with Crippen LogP contribution in [0.25, 0.3) is 10.1 Å². The van der Waals surface area contributed by atoms with Crippen molar-refractivity contribution in [1.82, 2.24) is 5.32 Å². The summed E-state index contributed by atoms with van der Waals surface area (Å²) >= 11 is 7.74. The molecule has 1 aliphatic heterocycles. The predicted molar refractivity (Wildman–Crippen MR) is 154 cm³/mol. The summed E-state index contributed by atoms with van der Waals surface area (Å²) in [5, 5.41) is 7.90. The second-order valence-corrected chi connectivity index (χ2v) is 15.9. The zero-order chi connectivity index (χ0) is 27.4. The minimum atomic E-state index is -3.31. The Hall–Kier alpha value is -2.13. The fourth-order valence-electron chi connectivity index (χ4n) is 5.14. The fourth-order valence-corrected chi connectivity index (χ4v) is 6.86. The minimum absolute atomic E-state index is 0.0150. The van der Waals surface area contributed by atoms with Gasteiger partial charge in [-0.05, 0) is 82.8 Å². The molecule has 1 fully saturated rings. The summed E-state index contributed by atoms with van der Waals surface area (Å²) in [7, 11) is -3.31. The van der Waals surface area contributed by atoms with Crippen molar-refractivity contribution < 1.29 is 17.9 Å². The standard InChI is InChI=1S/C28H35ClN2O4S2/c1-26(2)15-22(16-27(3,4)31-26)35-21-13-19(29)12-20(14-21)30-25(32)24-11-17-10-18(8-9-23(17)36-24)28(5,6)37(7,33)34/h8-14,22,31H,15-16H2,1-7H3,(H,30,32). The molecular weight excluding hydrogens is 528 g/mol. The molecule has 3 aromatic rings. The largest absolute Gasteiger partial charge is 0.490 e. The van der Waals surface area contributed by atoms with E-state index in [1.54, 1.807) is 38.1 Å². The predicted octanol–water partition coefficient (Wildman–Crippen LogP) is 6.77. The van der Waals surface area contributed by atoms with Crippen LogP contribution in [0.4, 0.5) is 5.69 Å². The number of hydrogen-bond acceptors (Lipinski definition) is 6. The number of rotatable bonds is 6. The molecular formula is C28H35ClN2O4S2. The maximum atomic E-state index is 13.1. The molecule has 1 amide bonds. The lowest BCUT2D eigenvalue weighted by Crippen LogP contribution is -2.60. The zero-order valence-electron chi connectivity index (χ0n) is 22.4. The SMILES string of the molecule is CC1(C)CC(Oc2cc(Cl)cc(NC(=O)c3cc4cc(C(C)(C)S(C)(=O)=O)ccc4s3)c2)CC(C)(C)N1. The number of nitrogens with one attached hydrogen (secondary N) is 2. The number of amides is 1. The number of benzene rings is 2. The van der Waals surface area contributed by atoms with E-state index in [2.05, 4.69) is 38.3 Å². The summed E-state index contributed by atoms with van der Waals surface area (Å²) in [5.74, 6) is 0.354. The van der Waals surface area contributed by atoms with Gasteiger partial charge in [0, 0.05) is 51.7 Å². The number of carbonyl (C=O) groups excluding carboxylic acids is 1. The lowest BCUT2D eigenvalue weighted by atomic mass is 9.81. The molecule has 0 atom stereocenters. The third-order valence-corrected chi connectivity index (χ3v) is 10.4. The third-order valence-electron chi connectivity index (χ3n) is 6.95. The minimum Gasteiger partial charge on any atom is -0.490 e. The molecule has 9 heteroatoms. The Morgan fingerprint density at radius 2 is 1.73 bits per heavy atom. The molecule has 1 aliphatic rings.